The van der Waals surface area contributed by atoms with Crippen molar-refractivity contribution < 1.29 is 19.7 Å². The third-order valence-electron chi connectivity index (χ3n) is 5.40. The Balaban J connectivity index is 1.63. The molecule has 154 valence electrons. The van der Waals surface area contributed by atoms with Gasteiger partial charge in [0.15, 0.2) is 5.78 Å². The number of aliphatic hydroxyl groups is 2. The summed E-state index contributed by atoms with van der Waals surface area (Å²) in [4.78, 5) is 12.5. The van der Waals surface area contributed by atoms with Gasteiger partial charge in [0.2, 0.25) is 0 Å². The van der Waals surface area contributed by atoms with Crippen LogP contribution in [0.2, 0.25) is 0 Å². The Morgan fingerprint density at radius 3 is 2.83 bits per heavy atom. The summed E-state index contributed by atoms with van der Waals surface area (Å²) < 4.78 is 6.10. The SMILES string of the molecule is C=C(O)/C=C\CC1CC(=C)C2C(=CC(CCC(=O)C3=CC=C(Cl)CC3)=CC2O)O1. The summed E-state index contributed by atoms with van der Waals surface area (Å²) in [7, 11) is 0. The van der Waals surface area contributed by atoms with E-state index in [0.29, 0.717) is 44.3 Å². The van der Waals surface area contributed by atoms with Gasteiger partial charge in [0.05, 0.1) is 12.0 Å². The summed E-state index contributed by atoms with van der Waals surface area (Å²) in [5.41, 5.74) is 2.63. The van der Waals surface area contributed by atoms with Gasteiger partial charge in [-0.15, -0.1) is 0 Å². The van der Waals surface area contributed by atoms with Gasteiger partial charge < -0.3 is 14.9 Å². The lowest BCUT2D eigenvalue weighted by Crippen LogP contribution is -2.34. The summed E-state index contributed by atoms with van der Waals surface area (Å²) >= 11 is 5.96. The molecular weight excluding hydrogens is 388 g/mol. The molecule has 0 aromatic heterocycles. The molecule has 3 unspecified atom stereocenters. The highest BCUT2D eigenvalue weighted by Crippen LogP contribution is 2.40. The molecule has 0 aromatic carbocycles. The lowest BCUT2D eigenvalue weighted by atomic mass is 9.80. The number of hydrogen-bond donors (Lipinski definition) is 2. The van der Waals surface area contributed by atoms with Crippen molar-refractivity contribution in [2.75, 3.05) is 0 Å². The maximum Gasteiger partial charge on any atom is 0.159 e. The van der Waals surface area contributed by atoms with Crippen molar-refractivity contribution in [2.45, 2.75) is 50.7 Å². The molecule has 4 nitrogen and oxygen atoms in total. The second-order valence-electron chi connectivity index (χ2n) is 7.72. The molecule has 3 atom stereocenters. The molecule has 2 N–H and O–H groups in total. The number of ether oxygens (including phenoxy) is 1. The third kappa shape index (κ3) is 5.62. The molecule has 0 spiro atoms. The van der Waals surface area contributed by atoms with Crippen LogP contribution in [-0.4, -0.2) is 28.2 Å². The average molecular weight is 415 g/mol. The van der Waals surface area contributed by atoms with E-state index in [1.54, 1.807) is 24.3 Å². The van der Waals surface area contributed by atoms with Crippen molar-refractivity contribution in [1.29, 1.82) is 0 Å². The number of fused-ring (bicyclic) bond motifs is 1. The van der Waals surface area contributed by atoms with Gasteiger partial charge in [0, 0.05) is 24.3 Å². The molecule has 5 heteroatoms. The molecule has 2 aliphatic carbocycles. The van der Waals surface area contributed by atoms with Crippen LogP contribution in [0.3, 0.4) is 0 Å². The van der Waals surface area contributed by atoms with E-state index in [2.05, 4.69) is 13.2 Å². The lowest BCUT2D eigenvalue weighted by molar-refractivity contribution is -0.115. The zero-order chi connectivity index (χ0) is 21.0. The minimum atomic E-state index is -0.697. The Labute approximate surface area is 176 Å². The molecular formula is C24H27ClO4. The van der Waals surface area contributed by atoms with Crippen molar-refractivity contribution in [3.63, 3.8) is 0 Å². The number of halogens is 1. The number of aliphatic hydroxyl groups excluding tert-OH is 2. The monoisotopic (exact) mass is 414 g/mol. The van der Waals surface area contributed by atoms with Gasteiger partial charge in [-0.2, -0.15) is 0 Å². The van der Waals surface area contributed by atoms with E-state index in [-0.39, 0.29) is 23.6 Å². The molecule has 1 saturated heterocycles. The predicted molar refractivity (Wildman–Crippen MR) is 115 cm³/mol. The smallest absolute Gasteiger partial charge is 0.159 e. The topological polar surface area (TPSA) is 66.8 Å². The lowest BCUT2D eigenvalue weighted by Gasteiger charge is -2.37. The van der Waals surface area contributed by atoms with E-state index in [1.807, 2.05) is 12.2 Å². The summed E-state index contributed by atoms with van der Waals surface area (Å²) in [6.07, 6.45) is 13.5. The van der Waals surface area contributed by atoms with Crippen molar-refractivity contribution in [3.05, 3.63) is 82.9 Å². The molecule has 1 fully saturated rings. The first kappa shape index (κ1) is 21.4. The predicted octanol–water partition coefficient (Wildman–Crippen LogP) is 5.34. The second-order valence-corrected chi connectivity index (χ2v) is 8.20. The number of ketones is 1. The van der Waals surface area contributed by atoms with E-state index in [4.69, 9.17) is 21.4 Å². The van der Waals surface area contributed by atoms with Crippen molar-refractivity contribution >= 4 is 17.4 Å². The first-order valence-electron chi connectivity index (χ1n) is 9.91. The normalized spacial score (nSPS) is 26.7. The molecule has 3 aliphatic rings. The van der Waals surface area contributed by atoms with Gasteiger partial charge in [0.25, 0.3) is 0 Å². The van der Waals surface area contributed by atoms with Gasteiger partial charge >= 0.3 is 0 Å². The van der Waals surface area contributed by atoms with Crippen molar-refractivity contribution in [2.24, 2.45) is 5.92 Å². The van der Waals surface area contributed by atoms with Crippen LogP contribution in [0.1, 0.15) is 38.5 Å². The fourth-order valence-electron chi connectivity index (χ4n) is 3.91. The zero-order valence-electron chi connectivity index (χ0n) is 16.4. The second kappa shape index (κ2) is 9.47. The molecule has 0 radical (unpaired) electrons. The Morgan fingerprint density at radius 2 is 2.14 bits per heavy atom. The molecule has 29 heavy (non-hydrogen) atoms. The number of rotatable bonds is 7. The highest BCUT2D eigenvalue weighted by molar-refractivity contribution is 6.29. The van der Waals surface area contributed by atoms with Crippen LogP contribution < -0.4 is 0 Å². The van der Waals surface area contributed by atoms with E-state index < -0.39 is 6.10 Å². The first-order valence-corrected chi connectivity index (χ1v) is 10.3. The van der Waals surface area contributed by atoms with Crippen LogP contribution in [0.25, 0.3) is 0 Å². The van der Waals surface area contributed by atoms with Crippen LogP contribution in [-0.2, 0) is 9.53 Å². The molecule has 0 bridgehead atoms. The van der Waals surface area contributed by atoms with Crippen LogP contribution in [0.5, 0.6) is 0 Å². The van der Waals surface area contributed by atoms with Crippen LogP contribution in [0.15, 0.2) is 82.9 Å². The Kier molecular flexibility index (Phi) is 6.99. The van der Waals surface area contributed by atoms with Crippen LogP contribution >= 0.6 is 11.6 Å². The maximum atomic E-state index is 12.5. The standard InChI is InChI=1S/C24H27ClO4/c1-15-12-20(5-3-4-16(2)26)29-23-14-17(13-22(28)24(15)23)6-11-21(27)18-7-9-19(25)10-8-18/h3-4,7,9,13-14,20,22,24,26,28H,1-2,5-6,8,10-12H2/b4-3-. The largest absolute Gasteiger partial charge is 0.509 e. The van der Waals surface area contributed by atoms with Gasteiger partial charge in [-0.05, 0) is 48.6 Å². The highest BCUT2D eigenvalue weighted by Gasteiger charge is 2.36. The Hall–Kier alpha value is -2.30. The highest BCUT2D eigenvalue weighted by atomic mass is 35.5. The molecule has 1 heterocycles. The zero-order valence-corrected chi connectivity index (χ0v) is 17.2. The van der Waals surface area contributed by atoms with E-state index >= 15 is 0 Å². The number of hydrogen-bond acceptors (Lipinski definition) is 4. The number of Topliss-reactive ketones (excluding diaryl/α,β-unsaturated/α-hetero) is 1. The summed E-state index contributed by atoms with van der Waals surface area (Å²) in [5, 5.41) is 20.5. The van der Waals surface area contributed by atoms with E-state index in [1.165, 1.54) is 0 Å². The fraction of sp³-hybridized carbons (Fsp3) is 0.375. The Bertz CT molecular complexity index is 856. The Morgan fingerprint density at radius 1 is 1.34 bits per heavy atom. The summed E-state index contributed by atoms with van der Waals surface area (Å²) in [6.45, 7) is 7.56. The molecule has 0 amide bonds. The van der Waals surface area contributed by atoms with E-state index in [0.717, 1.165) is 21.8 Å². The molecule has 0 aromatic rings. The van der Waals surface area contributed by atoms with Crippen molar-refractivity contribution in [1.82, 2.24) is 0 Å². The average Bonchev–Trinajstić information content (AvgIpc) is 2.66. The summed E-state index contributed by atoms with van der Waals surface area (Å²) in [6, 6.07) is 0. The van der Waals surface area contributed by atoms with E-state index in [9.17, 15) is 9.90 Å². The minimum Gasteiger partial charge on any atom is -0.509 e. The van der Waals surface area contributed by atoms with Gasteiger partial charge in [0.1, 0.15) is 17.6 Å². The number of allylic oxidation sites excluding steroid dienone is 7. The quantitative estimate of drug-likeness (QED) is 0.335. The molecule has 1 aliphatic heterocycles. The third-order valence-corrected chi connectivity index (χ3v) is 5.71. The molecule has 0 saturated carbocycles. The first-order chi connectivity index (χ1) is 13.8. The molecule has 3 rings (SSSR count). The summed E-state index contributed by atoms with van der Waals surface area (Å²) in [5.74, 6) is 0.579. The van der Waals surface area contributed by atoms with Crippen molar-refractivity contribution in [3.8, 4) is 0 Å². The van der Waals surface area contributed by atoms with Gasteiger partial charge in [-0.25, -0.2) is 0 Å². The van der Waals surface area contributed by atoms with Gasteiger partial charge in [-0.1, -0.05) is 48.6 Å². The maximum absolute atomic E-state index is 12.5. The van der Waals surface area contributed by atoms with Crippen LogP contribution in [0, 0.1) is 5.92 Å². The number of carbonyl (C=O) groups excluding carboxylic acids is 1. The van der Waals surface area contributed by atoms with Crippen LogP contribution in [0.4, 0.5) is 0 Å². The number of carbonyl (C=O) groups is 1. The fourth-order valence-corrected chi connectivity index (χ4v) is 4.07. The minimum absolute atomic E-state index is 0.00514. The van der Waals surface area contributed by atoms with Gasteiger partial charge in [-0.3, -0.25) is 4.79 Å².